The van der Waals surface area contributed by atoms with E-state index in [1.54, 1.807) is 6.07 Å². The largest absolute Gasteiger partial charge is 0.472 e. The van der Waals surface area contributed by atoms with Crippen molar-refractivity contribution < 1.29 is 9.21 Å². The highest BCUT2D eigenvalue weighted by atomic mass is 16.3. The first-order valence-electron chi connectivity index (χ1n) is 5.08. The van der Waals surface area contributed by atoms with Crippen LogP contribution in [0.2, 0.25) is 0 Å². The number of hydrogen-bond acceptors (Lipinski definition) is 3. The SMILES string of the molecule is NC1(C(=O)c2ccoc2)CCCCC1. The van der Waals surface area contributed by atoms with E-state index >= 15 is 0 Å². The summed E-state index contributed by atoms with van der Waals surface area (Å²) in [5.41, 5.74) is 6.07. The fraction of sp³-hybridized carbons (Fsp3) is 0.545. The minimum absolute atomic E-state index is 0.0333. The maximum absolute atomic E-state index is 12.0. The molecule has 0 unspecified atom stereocenters. The molecule has 0 saturated heterocycles. The average Bonchev–Trinajstić information content (AvgIpc) is 2.70. The summed E-state index contributed by atoms with van der Waals surface area (Å²) in [7, 11) is 0. The molecule has 1 saturated carbocycles. The third kappa shape index (κ3) is 1.60. The van der Waals surface area contributed by atoms with Gasteiger partial charge in [0.1, 0.15) is 6.26 Å². The van der Waals surface area contributed by atoms with Gasteiger partial charge in [0.15, 0.2) is 5.78 Å². The third-order valence-corrected chi connectivity index (χ3v) is 2.98. The summed E-state index contributed by atoms with van der Waals surface area (Å²) in [6.45, 7) is 0. The van der Waals surface area contributed by atoms with Gasteiger partial charge in [-0.3, -0.25) is 4.79 Å². The van der Waals surface area contributed by atoms with Gasteiger partial charge in [-0.25, -0.2) is 0 Å². The summed E-state index contributed by atoms with van der Waals surface area (Å²) in [4.78, 5) is 12.0. The zero-order chi connectivity index (χ0) is 10.0. The molecule has 0 radical (unpaired) electrons. The summed E-state index contributed by atoms with van der Waals surface area (Å²) in [5, 5.41) is 0. The van der Waals surface area contributed by atoms with E-state index in [1.807, 2.05) is 0 Å². The van der Waals surface area contributed by atoms with Crippen LogP contribution < -0.4 is 5.73 Å². The molecule has 0 spiro atoms. The molecule has 14 heavy (non-hydrogen) atoms. The highest BCUT2D eigenvalue weighted by Crippen LogP contribution is 2.29. The van der Waals surface area contributed by atoms with Gasteiger partial charge in [-0.1, -0.05) is 19.3 Å². The lowest BCUT2D eigenvalue weighted by Gasteiger charge is -2.31. The molecular weight excluding hydrogens is 178 g/mol. The maximum Gasteiger partial charge on any atom is 0.185 e. The van der Waals surface area contributed by atoms with Crippen LogP contribution in [0.5, 0.6) is 0 Å². The Morgan fingerprint density at radius 1 is 1.36 bits per heavy atom. The molecule has 76 valence electrons. The van der Waals surface area contributed by atoms with Gasteiger partial charge in [0.05, 0.1) is 17.4 Å². The zero-order valence-corrected chi connectivity index (χ0v) is 8.16. The summed E-state index contributed by atoms with van der Waals surface area (Å²) in [5.74, 6) is 0.0333. The standard InChI is InChI=1S/C11H15NO2/c12-11(5-2-1-3-6-11)10(13)9-4-7-14-8-9/h4,7-8H,1-3,5-6,12H2. The van der Waals surface area contributed by atoms with Crippen LogP contribution in [0, 0.1) is 0 Å². The van der Waals surface area contributed by atoms with Crippen molar-refractivity contribution in [3.8, 4) is 0 Å². The summed E-state index contributed by atoms with van der Waals surface area (Å²) < 4.78 is 4.90. The molecule has 0 aliphatic heterocycles. The molecule has 3 heteroatoms. The lowest BCUT2D eigenvalue weighted by Crippen LogP contribution is -2.49. The Kier molecular flexibility index (Phi) is 2.42. The number of ketones is 1. The lowest BCUT2D eigenvalue weighted by molar-refractivity contribution is 0.0847. The molecule has 2 rings (SSSR count). The predicted molar refractivity (Wildman–Crippen MR) is 53.0 cm³/mol. The van der Waals surface area contributed by atoms with E-state index in [9.17, 15) is 4.79 Å². The van der Waals surface area contributed by atoms with E-state index in [-0.39, 0.29) is 5.78 Å². The Hall–Kier alpha value is -1.09. The number of nitrogens with two attached hydrogens (primary N) is 1. The van der Waals surface area contributed by atoms with Crippen molar-refractivity contribution in [2.45, 2.75) is 37.6 Å². The van der Waals surface area contributed by atoms with Gasteiger partial charge in [-0.2, -0.15) is 0 Å². The molecule has 0 amide bonds. The van der Waals surface area contributed by atoms with Gasteiger partial charge in [-0.05, 0) is 18.9 Å². The summed E-state index contributed by atoms with van der Waals surface area (Å²) >= 11 is 0. The first-order chi connectivity index (χ1) is 6.72. The quantitative estimate of drug-likeness (QED) is 0.732. The first kappa shape index (κ1) is 9.46. The number of carbonyl (C=O) groups is 1. The van der Waals surface area contributed by atoms with E-state index in [4.69, 9.17) is 10.2 Å². The normalized spacial score (nSPS) is 20.6. The lowest BCUT2D eigenvalue weighted by atomic mass is 9.78. The molecule has 0 aromatic carbocycles. The number of hydrogen-bond donors (Lipinski definition) is 1. The van der Waals surface area contributed by atoms with Crippen molar-refractivity contribution >= 4 is 5.78 Å². The monoisotopic (exact) mass is 193 g/mol. The van der Waals surface area contributed by atoms with Gasteiger partial charge in [0.25, 0.3) is 0 Å². The van der Waals surface area contributed by atoms with Crippen molar-refractivity contribution in [1.29, 1.82) is 0 Å². The van der Waals surface area contributed by atoms with E-state index in [2.05, 4.69) is 0 Å². The number of furan rings is 1. The van der Waals surface area contributed by atoms with Crippen LogP contribution in [0.25, 0.3) is 0 Å². The van der Waals surface area contributed by atoms with Crippen molar-refractivity contribution in [1.82, 2.24) is 0 Å². The molecule has 0 bridgehead atoms. The van der Waals surface area contributed by atoms with E-state index < -0.39 is 5.54 Å². The molecule has 2 N–H and O–H groups in total. The zero-order valence-electron chi connectivity index (χ0n) is 8.16. The van der Waals surface area contributed by atoms with Gasteiger partial charge in [0.2, 0.25) is 0 Å². The van der Waals surface area contributed by atoms with Gasteiger partial charge in [-0.15, -0.1) is 0 Å². The molecule has 1 fully saturated rings. The summed E-state index contributed by atoms with van der Waals surface area (Å²) in [6, 6.07) is 1.69. The van der Waals surface area contributed by atoms with E-state index in [1.165, 1.54) is 18.9 Å². The van der Waals surface area contributed by atoms with Gasteiger partial charge < -0.3 is 10.2 Å². The third-order valence-electron chi connectivity index (χ3n) is 2.98. The number of rotatable bonds is 2. The van der Waals surface area contributed by atoms with Crippen molar-refractivity contribution in [3.05, 3.63) is 24.2 Å². The van der Waals surface area contributed by atoms with Gasteiger partial charge in [0, 0.05) is 0 Å². The molecule has 1 heterocycles. The van der Waals surface area contributed by atoms with Crippen LogP contribution >= 0.6 is 0 Å². The Labute approximate surface area is 83.3 Å². The first-order valence-corrected chi connectivity index (χ1v) is 5.08. The van der Waals surface area contributed by atoms with E-state index in [0.29, 0.717) is 5.56 Å². The fourth-order valence-electron chi connectivity index (χ4n) is 2.09. The Balaban J connectivity index is 2.17. The highest BCUT2D eigenvalue weighted by Gasteiger charge is 2.36. The van der Waals surface area contributed by atoms with Crippen molar-refractivity contribution in [2.75, 3.05) is 0 Å². The average molecular weight is 193 g/mol. The molecule has 3 nitrogen and oxygen atoms in total. The highest BCUT2D eigenvalue weighted by molar-refractivity contribution is 6.02. The second kappa shape index (κ2) is 3.58. The Bertz CT molecular complexity index is 310. The molecule has 0 atom stereocenters. The van der Waals surface area contributed by atoms with Crippen LogP contribution in [0.1, 0.15) is 42.5 Å². The predicted octanol–water partition coefficient (Wildman–Crippen LogP) is 2.12. The van der Waals surface area contributed by atoms with Crippen LogP contribution in [-0.2, 0) is 0 Å². The van der Waals surface area contributed by atoms with Crippen LogP contribution in [0.3, 0.4) is 0 Å². The smallest absolute Gasteiger partial charge is 0.185 e. The van der Waals surface area contributed by atoms with Crippen molar-refractivity contribution in [3.63, 3.8) is 0 Å². The topological polar surface area (TPSA) is 56.2 Å². The van der Waals surface area contributed by atoms with Crippen molar-refractivity contribution in [2.24, 2.45) is 5.73 Å². The molecule has 1 aromatic rings. The summed E-state index contributed by atoms with van der Waals surface area (Å²) in [6.07, 6.45) is 7.90. The van der Waals surface area contributed by atoms with Crippen LogP contribution in [0.4, 0.5) is 0 Å². The van der Waals surface area contributed by atoms with Crippen LogP contribution in [-0.4, -0.2) is 11.3 Å². The number of carbonyl (C=O) groups excluding carboxylic acids is 1. The molecular formula is C11H15NO2. The Morgan fingerprint density at radius 3 is 2.64 bits per heavy atom. The Morgan fingerprint density at radius 2 is 2.07 bits per heavy atom. The molecule has 1 aromatic heterocycles. The minimum atomic E-state index is -0.637. The molecule has 1 aliphatic rings. The maximum atomic E-state index is 12.0. The number of Topliss-reactive ketones (excluding diaryl/α,β-unsaturated/α-hetero) is 1. The minimum Gasteiger partial charge on any atom is -0.472 e. The van der Waals surface area contributed by atoms with E-state index in [0.717, 1.165) is 25.7 Å². The van der Waals surface area contributed by atoms with Crippen LogP contribution in [0.15, 0.2) is 23.0 Å². The fourth-order valence-corrected chi connectivity index (χ4v) is 2.09. The molecule has 1 aliphatic carbocycles. The van der Waals surface area contributed by atoms with Gasteiger partial charge >= 0.3 is 0 Å². The second-order valence-corrected chi connectivity index (χ2v) is 4.06. The second-order valence-electron chi connectivity index (χ2n) is 4.06.